The molecule has 0 bridgehead atoms. The van der Waals surface area contributed by atoms with Gasteiger partial charge in [-0.1, -0.05) is 31.9 Å². The summed E-state index contributed by atoms with van der Waals surface area (Å²) in [6.07, 6.45) is 0. The second kappa shape index (κ2) is 7.23. The fourth-order valence-electron chi connectivity index (χ4n) is 2.31. The number of hydrogen-bond donors (Lipinski definition) is 2. The van der Waals surface area contributed by atoms with Crippen LogP contribution in [0.2, 0.25) is 0 Å². The minimum Gasteiger partial charge on any atom is -0.465 e. The first-order valence-electron chi connectivity index (χ1n) is 6.65. The molecule has 0 aliphatic rings. The van der Waals surface area contributed by atoms with E-state index in [9.17, 15) is 9.59 Å². The normalized spacial score (nSPS) is 10.3. The largest absolute Gasteiger partial charge is 0.465 e. The Balaban J connectivity index is 2.91. The highest BCUT2D eigenvalue weighted by Gasteiger charge is 2.25. The van der Waals surface area contributed by atoms with Gasteiger partial charge >= 0.3 is 11.9 Å². The van der Waals surface area contributed by atoms with E-state index in [1.165, 1.54) is 26.4 Å². The van der Waals surface area contributed by atoms with E-state index in [2.05, 4.69) is 31.9 Å². The first-order valence-corrected chi connectivity index (χ1v) is 8.23. The minimum absolute atomic E-state index is 0.208. The molecule has 4 N–H and O–H groups in total. The number of nitrogens with two attached hydrogens (primary N) is 2. The Morgan fingerprint density at radius 1 is 0.792 bits per heavy atom. The van der Waals surface area contributed by atoms with Gasteiger partial charge in [-0.15, -0.1) is 0 Å². The van der Waals surface area contributed by atoms with Crippen molar-refractivity contribution in [1.82, 2.24) is 0 Å². The highest BCUT2D eigenvalue weighted by molar-refractivity contribution is 9.11. The van der Waals surface area contributed by atoms with E-state index >= 15 is 0 Å². The monoisotopic (exact) mass is 456 g/mol. The molecule has 2 aromatic rings. The first kappa shape index (κ1) is 18.3. The molecule has 0 aliphatic carbocycles. The van der Waals surface area contributed by atoms with Crippen molar-refractivity contribution >= 4 is 55.2 Å². The van der Waals surface area contributed by atoms with Gasteiger partial charge in [-0.25, -0.2) is 9.59 Å². The number of anilines is 2. The van der Waals surface area contributed by atoms with Crippen LogP contribution in [0.15, 0.2) is 33.2 Å². The lowest BCUT2D eigenvalue weighted by molar-refractivity contribution is 0.0590. The molecule has 2 rings (SSSR count). The highest BCUT2D eigenvalue weighted by Crippen LogP contribution is 2.41. The van der Waals surface area contributed by atoms with Gasteiger partial charge in [-0.05, 0) is 24.3 Å². The van der Waals surface area contributed by atoms with Gasteiger partial charge in [0, 0.05) is 31.4 Å². The van der Waals surface area contributed by atoms with E-state index in [0.717, 1.165) is 0 Å². The third-order valence-electron chi connectivity index (χ3n) is 3.29. The maximum Gasteiger partial charge on any atom is 0.338 e. The van der Waals surface area contributed by atoms with Gasteiger partial charge in [0.25, 0.3) is 0 Å². The number of ether oxygens (including phenoxy) is 2. The lowest BCUT2D eigenvalue weighted by Crippen LogP contribution is -2.10. The summed E-state index contributed by atoms with van der Waals surface area (Å²) in [4.78, 5) is 24.4. The molecular formula is C16H14Br2N2O4. The predicted octanol–water partition coefficient (Wildman–Crippen LogP) is 3.62. The van der Waals surface area contributed by atoms with Crippen LogP contribution in [0.3, 0.4) is 0 Å². The molecule has 0 unspecified atom stereocenters. The zero-order chi connectivity index (χ0) is 18.0. The third-order valence-corrected chi connectivity index (χ3v) is 4.54. The number of carbonyl (C=O) groups is 2. The summed E-state index contributed by atoms with van der Waals surface area (Å²) in [7, 11) is 2.53. The van der Waals surface area contributed by atoms with Crippen LogP contribution in [0.1, 0.15) is 20.7 Å². The predicted molar refractivity (Wildman–Crippen MR) is 98.8 cm³/mol. The first-order chi connectivity index (χ1) is 11.3. The van der Waals surface area contributed by atoms with Gasteiger partial charge in [0.15, 0.2) is 0 Å². The molecule has 0 amide bonds. The Bertz CT molecular complexity index is 768. The van der Waals surface area contributed by atoms with Crippen molar-refractivity contribution in [3.8, 4) is 11.1 Å². The molecule has 0 heterocycles. The molecule has 0 spiro atoms. The maximum absolute atomic E-state index is 12.2. The van der Waals surface area contributed by atoms with Crippen LogP contribution in [0, 0.1) is 0 Å². The van der Waals surface area contributed by atoms with Crippen molar-refractivity contribution in [3.63, 3.8) is 0 Å². The molecule has 0 fully saturated rings. The average molecular weight is 458 g/mol. The molecule has 126 valence electrons. The van der Waals surface area contributed by atoms with Crippen molar-refractivity contribution in [2.24, 2.45) is 0 Å². The van der Waals surface area contributed by atoms with Gasteiger partial charge in [0.2, 0.25) is 0 Å². The molecule has 8 heteroatoms. The van der Waals surface area contributed by atoms with E-state index in [0.29, 0.717) is 31.4 Å². The van der Waals surface area contributed by atoms with E-state index in [1.807, 2.05) is 0 Å². The number of carbonyl (C=O) groups excluding carboxylic acids is 2. The molecule has 6 nitrogen and oxygen atoms in total. The second-order valence-corrected chi connectivity index (χ2v) is 6.54. The third kappa shape index (κ3) is 3.39. The molecule has 0 saturated carbocycles. The van der Waals surface area contributed by atoms with E-state index in [-0.39, 0.29) is 11.1 Å². The van der Waals surface area contributed by atoms with Crippen LogP contribution >= 0.6 is 31.9 Å². The van der Waals surface area contributed by atoms with Crippen LogP contribution < -0.4 is 11.5 Å². The summed E-state index contributed by atoms with van der Waals surface area (Å²) in [5, 5.41) is 0. The number of rotatable bonds is 3. The standard InChI is InChI=1S/C16H14Br2N2O4/c1-23-15(21)9-3-7(19)5-11(17)13(9)14-10(16(22)24-2)4-8(20)6-12(14)18/h3-6H,19-20H2,1-2H3. The van der Waals surface area contributed by atoms with Gasteiger partial charge in [-0.3, -0.25) is 0 Å². The molecule has 0 aliphatic heterocycles. The molecule has 0 saturated heterocycles. The summed E-state index contributed by atoms with van der Waals surface area (Å²) >= 11 is 6.80. The molecule has 2 aromatic carbocycles. The van der Waals surface area contributed by atoms with Crippen LogP contribution in [-0.4, -0.2) is 26.2 Å². The zero-order valence-electron chi connectivity index (χ0n) is 12.9. The van der Waals surface area contributed by atoms with Crippen molar-refractivity contribution in [2.45, 2.75) is 0 Å². The fraction of sp³-hybridized carbons (Fsp3) is 0.125. The lowest BCUT2D eigenvalue weighted by Gasteiger charge is -2.17. The summed E-state index contributed by atoms with van der Waals surface area (Å²) < 4.78 is 10.7. The molecule has 0 aromatic heterocycles. The second-order valence-electron chi connectivity index (χ2n) is 4.83. The van der Waals surface area contributed by atoms with Gasteiger partial charge in [-0.2, -0.15) is 0 Å². The Kier molecular flexibility index (Phi) is 5.51. The minimum atomic E-state index is -0.586. The van der Waals surface area contributed by atoms with Crippen LogP contribution in [0.4, 0.5) is 11.4 Å². The molecule has 0 atom stereocenters. The molecule has 24 heavy (non-hydrogen) atoms. The van der Waals surface area contributed by atoms with Crippen LogP contribution in [0.5, 0.6) is 0 Å². The summed E-state index contributed by atoms with van der Waals surface area (Å²) in [5.74, 6) is -1.17. The summed E-state index contributed by atoms with van der Waals surface area (Å²) in [6, 6.07) is 6.23. The summed E-state index contributed by atoms with van der Waals surface area (Å²) in [6.45, 7) is 0. The fourth-order valence-corrected chi connectivity index (χ4v) is 3.66. The molecule has 0 radical (unpaired) electrons. The van der Waals surface area contributed by atoms with Crippen molar-refractivity contribution in [3.05, 3.63) is 44.3 Å². The zero-order valence-corrected chi connectivity index (χ0v) is 16.0. The van der Waals surface area contributed by atoms with Crippen molar-refractivity contribution in [1.29, 1.82) is 0 Å². The number of nitrogen functional groups attached to an aromatic ring is 2. The Hall–Kier alpha value is -2.06. The van der Waals surface area contributed by atoms with E-state index < -0.39 is 11.9 Å². The van der Waals surface area contributed by atoms with Gasteiger partial charge < -0.3 is 20.9 Å². The highest BCUT2D eigenvalue weighted by atomic mass is 79.9. The number of benzene rings is 2. The Labute approximate surface area is 155 Å². The van der Waals surface area contributed by atoms with Crippen LogP contribution in [0.25, 0.3) is 11.1 Å². The number of halogens is 2. The van der Waals surface area contributed by atoms with Gasteiger partial charge in [0.05, 0.1) is 25.3 Å². The Morgan fingerprint density at radius 3 is 1.42 bits per heavy atom. The lowest BCUT2D eigenvalue weighted by atomic mass is 9.94. The smallest absolute Gasteiger partial charge is 0.338 e. The molecular weight excluding hydrogens is 444 g/mol. The summed E-state index contributed by atoms with van der Waals surface area (Å²) in [5.41, 5.74) is 13.7. The number of methoxy groups -OCH3 is 2. The Morgan fingerprint density at radius 2 is 1.12 bits per heavy atom. The SMILES string of the molecule is COC(=O)c1cc(N)cc(Br)c1-c1c(Br)cc(N)cc1C(=O)OC. The topological polar surface area (TPSA) is 105 Å². The van der Waals surface area contributed by atoms with E-state index in [4.69, 9.17) is 20.9 Å². The number of esters is 2. The quantitative estimate of drug-likeness (QED) is 0.538. The maximum atomic E-state index is 12.2. The van der Waals surface area contributed by atoms with E-state index in [1.54, 1.807) is 12.1 Å². The van der Waals surface area contributed by atoms with Crippen LogP contribution in [-0.2, 0) is 9.47 Å². The number of hydrogen-bond acceptors (Lipinski definition) is 6. The average Bonchev–Trinajstić information content (AvgIpc) is 2.53. The van der Waals surface area contributed by atoms with Gasteiger partial charge in [0.1, 0.15) is 0 Å². The van der Waals surface area contributed by atoms with Crippen molar-refractivity contribution < 1.29 is 19.1 Å². The van der Waals surface area contributed by atoms with Crippen molar-refractivity contribution in [2.75, 3.05) is 25.7 Å².